The van der Waals surface area contributed by atoms with Crippen LogP contribution in [0.2, 0.25) is 0 Å². The molecule has 426 valence electrons. The van der Waals surface area contributed by atoms with Crippen LogP contribution in [0.3, 0.4) is 0 Å². The number of amides is 1. The number of nitrogens with one attached hydrogen (secondary N) is 1. The molecule has 3 aliphatic heterocycles. The number of hydrogen-bond acceptors (Lipinski definition) is 16. The number of ether oxygens (including phenoxy) is 1. The monoisotopic (exact) mass is 1200 g/mol. The summed E-state index contributed by atoms with van der Waals surface area (Å²) in [4.78, 5) is 28.8. The standard InChI is InChI=1S/C57H47N5O17S4/c1-9-40(59-44-32-36(80-79-78-66)26-29-46(44)76-50(59)23-14-13-15-24-51-60(41(10-2)55(64)65)45-33-37(81(67,68)69)27-30-47(45)77-51)54(63)58-34-35-25-28-43-39(31-35)57(7,8)49(62(43)53(12-4)83(73,74)75)22-18-21-48-56(5,6)38-19-16-17-20-42(38)61(48)52(11-3)82(70,71)72/h13-33H,1-4,34H2,5-8H3,(H4-2,58,63,64,65,66,67,68,69,70,71,72,73,74,75)/p+2. The predicted octanol–water partition coefficient (Wildman–Crippen LogP) is 9.04. The third kappa shape index (κ3) is 11.7. The van der Waals surface area contributed by atoms with Crippen LogP contribution in [0, 0.1) is 0 Å². The lowest BCUT2D eigenvalue weighted by atomic mass is 9.81. The Hall–Kier alpha value is -8.90. The average Bonchev–Trinajstić information content (AvgIpc) is 2.00. The van der Waals surface area contributed by atoms with E-state index in [0.717, 1.165) is 22.6 Å². The Morgan fingerprint density at radius 1 is 0.771 bits per heavy atom. The summed E-state index contributed by atoms with van der Waals surface area (Å²) in [5.74, 6) is -2.19. The fourth-order valence-electron chi connectivity index (χ4n) is 9.62. The van der Waals surface area contributed by atoms with E-state index < -0.39 is 73.7 Å². The van der Waals surface area contributed by atoms with E-state index in [4.69, 9.17) is 14.4 Å². The maximum Gasteiger partial charge on any atom is 0.380 e. The van der Waals surface area contributed by atoms with E-state index in [1.165, 1.54) is 50.5 Å². The Kier molecular flexibility index (Phi) is 16.8. The lowest BCUT2D eigenvalue weighted by molar-refractivity contribution is -0.557. The molecule has 0 unspecified atom stereocenters. The molecule has 1 aromatic heterocycles. The smallest absolute Gasteiger partial charge is 0.380 e. The molecule has 0 bridgehead atoms. The van der Waals surface area contributed by atoms with Gasteiger partial charge in [-0.15, -0.1) is 13.5 Å². The van der Waals surface area contributed by atoms with E-state index in [1.807, 2.05) is 19.9 Å². The first-order valence-electron chi connectivity index (χ1n) is 24.1. The van der Waals surface area contributed by atoms with Gasteiger partial charge in [0.25, 0.3) is 15.6 Å². The second kappa shape index (κ2) is 23.2. The van der Waals surface area contributed by atoms with Crippen LogP contribution in [0.5, 0.6) is 5.75 Å². The number of benzene rings is 4. The molecule has 8 rings (SSSR count). The van der Waals surface area contributed by atoms with E-state index in [2.05, 4.69) is 63.9 Å². The third-order valence-corrected chi connectivity index (χ3v) is 16.3. The zero-order valence-corrected chi connectivity index (χ0v) is 47.5. The van der Waals surface area contributed by atoms with Gasteiger partial charge in [0.15, 0.2) is 17.2 Å². The minimum absolute atomic E-state index is 0.0378. The highest BCUT2D eigenvalue weighted by molar-refractivity contribution is 7.94. The molecule has 0 aliphatic carbocycles. The van der Waals surface area contributed by atoms with E-state index in [-0.39, 0.29) is 41.0 Å². The molecule has 83 heavy (non-hydrogen) atoms. The van der Waals surface area contributed by atoms with Crippen molar-refractivity contribution in [3.05, 3.63) is 221 Å². The lowest BCUT2D eigenvalue weighted by Gasteiger charge is -2.26. The number of anilines is 2. The molecule has 0 saturated heterocycles. The molecule has 0 atom stereocenters. The largest absolute Gasteiger partial charge is 0.476 e. The summed E-state index contributed by atoms with van der Waals surface area (Å²) in [5, 5.41) is 24.1. The van der Waals surface area contributed by atoms with Crippen molar-refractivity contribution in [1.29, 1.82) is 0 Å². The van der Waals surface area contributed by atoms with Crippen LogP contribution in [0.1, 0.15) is 50.3 Å². The molecule has 1 amide bonds. The first-order chi connectivity index (χ1) is 39.1. The summed E-state index contributed by atoms with van der Waals surface area (Å²) in [7, 11) is -14.5. The fourth-order valence-corrected chi connectivity index (χ4v) is 11.7. The number of aliphatic carboxylic acids is 1. The molecule has 0 fully saturated rings. The van der Waals surface area contributed by atoms with Crippen LogP contribution >= 0.6 is 12.0 Å². The number of rotatable bonds is 19. The highest BCUT2D eigenvalue weighted by atomic mass is 32.2. The summed E-state index contributed by atoms with van der Waals surface area (Å²) < 4.78 is 125. The second-order valence-electron chi connectivity index (χ2n) is 19.0. The maximum atomic E-state index is 14.4. The second-order valence-corrected chi connectivity index (χ2v) is 23.8. The number of carbonyl (C=O) groups excluding carboxylic acids is 1. The van der Waals surface area contributed by atoms with Crippen molar-refractivity contribution in [3.8, 4) is 5.75 Å². The SMILES string of the molecule is C=C=C(C(=O)O)N1/C(=C/C=C/C=C/c2oc3ccc(SOOO)cc3[n+]2C(=C=C)C(=O)NCc2ccc3c(c2)C(C)(C)/C(=C\C=C\C2=[N+](C(=C=C)S(=O)(=O)O)c4ccccc4C2(C)C)N3C(=C=C)S(=O)(=O)O)Oc2ccc(S(=O)(=O)O)cc21. The Morgan fingerprint density at radius 3 is 2.14 bits per heavy atom. The number of carboxylic acid groups (broad SMARTS) is 1. The van der Waals surface area contributed by atoms with Gasteiger partial charge in [0.1, 0.15) is 0 Å². The molecular weight excluding hydrogens is 1150 g/mol. The van der Waals surface area contributed by atoms with Crippen molar-refractivity contribution in [2.24, 2.45) is 0 Å². The zero-order chi connectivity index (χ0) is 60.6. The third-order valence-electron chi connectivity index (χ3n) is 13.3. The number of fused-ring (bicyclic) bond motifs is 4. The quantitative estimate of drug-likeness (QED) is 0.00656. The molecule has 26 heteroatoms. The van der Waals surface area contributed by atoms with Crippen molar-refractivity contribution in [2.75, 3.05) is 9.80 Å². The Bertz CT molecular complexity index is 4400. The van der Waals surface area contributed by atoms with Gasteiger partial charge in [-0.05, 0) is 98.1 Å². The minimum atomic E-state index is -4.98. The Morgan fingerprint density at radius 2 is 1.51 bits per heavy atom. The van der Waals surface area contributed by atoms with Gasteiger partial charge in [-0.2, -0.15) is 25.3 Å². The van der Waals surface area contributed by atoms with E-state index in [9.17, 15) is 53.6 Å². The van der Waals surface area contributed by atoms with Crippen LogP contribution in [0.25, 0.3) is 22.9 Å². The van der Waals surface area contributed by atoms with Crippen molar-refractivity contribution in [3.63, 3.8) is 0 Å². The van der Waals surface area contributed by atoms with E-state index >= 15 is 0 Å². The molecule has 4 heterocycles. The molecule has 0 saturated carbocycles. The van der Waals surface area contributed by atoms with Crippen LogP contribution in [0.4, 0.5) is 17.1 Å². The average molecular weight is 1200 g/mol. The molecule has 22 nitrogen and oxygen atoms in total. The highest BCUT2D eigenvalue weighted by Gasteiger charge is 2.49. The molecule has 4 aromatic carbocycles. The topological polar surface area (TPSA) is 304 Å². The van der Waals surface area contributed by atoms with Crippen LogP contribution in [-0.2, 0) is 66.7 Å². The lowest BCUT2D eigenvalue weighted by Crippen LogP contribution is -2.42. The number of allylic oxidation sites excluding steroid dienone is 8. The fraction of sp³-hybridized carbons (Fsp3) is 0.123. The first kappa shape index (κ1) is 60.2. The first-order valence-corrected chi connectivity index (χ1v) is 29.1. The molecule has 5 aromatic rings. The summed E-state index contributed by atoms with van der Waals surface area (Å²) in [6, 6.07) is 20.0. The Balaban J connectivity index is 1.11. The van der Waals surface area contributed by atoms with Gasteiger partial charge in [0.05, 0.1) is 39.8 Å². The number of carboxylic acids is 1. The van der Waals surface area contributed by atoms with Crippen molar-refractivity contribution < 1.29 is 86.5 Å². The summed E-state index contributed by atoms with van der Waals surface area (Å²) in [5.41, 5.74) is 10.8. The minimum Gasteiger partial charge on any atom is -0.476 e. The van der Waals surface area contributed by atoms with Gasteiger partial charge in [0.2, 0.25) is 22.2 Å². The number of hydrogen-bond donors (Lipinski definition) is 6. The van der Waals surface area contributed by atoms with Crippen LogP contribution in [0.15, 0.2) is 212 Å². The maximum absolute atomic E-state index is 14.4. The number of nitrogens with zero attached hydrogens (tertiary/aromatic N) is 4. The zero-order valence-electron chi connectivity index (χ0n) is 44.2. The number of aromatic nitrogens is 1. The summed E-state index contributed by atoms with van der Waals surface area (Å²) in [6.07, 6.45) is 12.0. The normalized spacial score (nSPS) is 16.2. The summed E-state index contributed by atoms with van der Waals surface area (Å²) in [6.45, 7) is 21.5. The molecule has 0 spiro atoms. The molecule has 0 radical (unpaired) electrons. The van der Waals surface area contributed by atoms with Gasteiger partial charge < -0.3 is 19.6 Å². The van der Waals surface area contributed by atoms with Crippen molar-refractivity contribution in [1.82, 2.24) is 5.32 Å². The number of carbonyl (C=O) groups is 2. The number of oxazole rings is 1. The molecule has 6 N–H and O–H groups in total. The van der Waals surface area contributed by atoms with Crippen LogP contribution in [-0.4, -0.2) is 71.4 Å². The van der Waals surface area contributed by atoms with Gasteiger partial charge in [-0.1, -0.05) is 98.1 Å². The highest BCUT2D eigenvalue weighted by Crippen LogP contribution is 2.51. The van der Waals surface area contributed by atoms with E-state index in [0.29, 0.717) is 56.4 Å². The van der Waals surface area contributed by atoms with Crippen molar-refractivity contribution in [2.45, 2.75) is 54.9 Å². The van der Waals surface area contributed by atoms with Gasteiger partial charge >= 0.3 is 48.7 Å². The van der Waals surface area contributed by atoms with Crippen LogP contribution < -0.4 is 24.4 Å². The van der Waals surface area contributed by atoms with Gasteiger partial charge in [-0.3, -0.25) is 28.3 Å². The number of para-hydroxylation sites is 1. The Labute approximate surface area is 480 Å². The predicted molar refractivity (Wildman–Crippen MR) is 306 cm³/mol. The molecule has 3 aliphatic rings. The van der Waals surface area contributed by atoms with Gasteiger partial charge in [0, 0.05) is 46.3 Å². The van der Waals surface area contributed by atoms with Gasteiger partial charge in [-0.25, -0.2) is 10.1 Å². The van der Waals surface area contributed by atoms with E-state index in [1.54, 1.807) is 86.7 Å². The molecular formula is C57H49N5O17S4+2. The van der Waals surface area contributed by atoms with Crippen molar-refractivity contribution >= 4 is 99.9 Å². The summed E-state index contributed by atoms with van der Waals surface area (Å²) >= 11 is 0.635.